The summed E-state index contributed by atoms with van der Waals surface area (Å²) in [5.74, 6) is -0.399. The standard InChI is InChI=1S/C17H13ClFN5O/c1-24-7-9(5-23-24)15-16-13(14(20)17(21)25-16)10(6-22-15)8-2-3-12(19)11(18)4-8/h2-7H,20-21H2,1H3. The monoisotopic (exact) mass is 357 g/mol. The number of nitrogen functional groups attached to an aromatic ring is 2. The first kappa shape index (κ1) is 15.5. The predicted octanol–water partition coefficient (Wildman–Crippen LogP) is 3.85. The van der Waals surface area contributed by atoms with E-state index in [0.29, 0.717) is 33.5 Å². The van der Waals surface area contributed by atoms with Crippen molar-refractivity contribution in [3.05, 3.63) is 47.6 Å². The number of hydrogen-bond donors (Lipinski definition) is 2. The van der Waals surface area contributed by atoms with Gasteiger partial charge in [-0.3, -0.25) is 9.67 Å². The summed E-state index contributed by atoms with van der Waals surface area (Å²) in [6, 6.07) is 4.40. The molecule has 0 spiro atoms. The van der Waals surface area contributed by atoms with Crippen molar-refractivity contribution in [2.75, 3.05) is 11.5 Å². The maximum atomic E-state index is 13.5. The van der Waals surface area contributed by atoms with Gasteiger partial charge in [0.2, 0.25) is 5.88 Å². The molecule has 0 saturated carbocycles. The van der Waals surface area contributed by atoms with Crippen LogP contribution in [0.25, 0.3) is 33.4 Å². The highest BCUT2D eigenvalue weighted by atomic mass is 35.5. The van der Waals surface area contributed by atoms with Crippen LogP contribution in [0.3, 0.4) is 0 Å². The van der Waals surface area contributed by atoms with E-state index in [1.54, 1.807) is 30.2 Å². The van der Waals surface area contributed by atoms with Crippen molar-refractivity contribution in [3.63, 3.8) is 0 Å². The number of nitrogens with zero attached hydrogens (tertiary/aromatic N) is 3. The van der Waals surface area contributed by atoms with Crippen LogP contribution in [0.15, 0.2) is 41.2 Å². The first-order valence-corrected chi connectivity index (χ1v) is 7.74. The number of furan rings is 1. The molecule has 0 aliphatic rings. The Labute approximate surface area is 146 Å². The lowest BCUT2D eigenvalue weighted by Gasteiger charge is -2.07. The third-order valence-electron chi connectivity index (χ3n) is 3.99. The number of aromatic nitrogens is 3. The van der Waals surface area contributed by atoms with Crippen LogP contribution in [0.1, 0.15) is 0 Å². The van der Waals surface area contributed by atoms with Gasteiger partial charge in [0.05, 0.1) is 16.6 Å². The average molecular weight is 358 g/mol. The van der Waals surface area contributed by atoms with E-state index in [9.17, 15) is 4.39 Å². The molecule has 6 nitrogen and oxygen atoms in total. The molecule has 0 radical (unpaired) electrons. The highest BCUT2D eigenvalue weighted by Crippen LogP contribution is 2.42. The lowest BCUT2D eigenvalue weighted by atomic mass is 10.0. The molecule has 0 fully saturated rings. The summed E-state index contributed by atoms with van der Waals surface area (Å²) in [5.41, 5.74) is 15.4. The van der Waals surface area contributed by atoms with Gasteiger partial charge < -0.3 is 15.9 Å². The second-order valence-electron chi connectivity index (χ2n) is 5.64. The van der Waals surface area contributed by atoms with Crippen LogP contribution in [0.2, 0.25) is 5.02 Å². The van der Waals surface area contributed by atoms with E-state index in [0.717, 1.165) is 5.56 Å². The summed E-state index contributed by atoms with van der Waals surface area (Å²) < 4.78 is 20.8. The van der Waals surface area contributed by atoms with Gasteiger partial charge in [-0.05, 0) is 17.7 Å². The van der Waals surface area contributed by atoms with Gasteiger partial charge in [-0.1, -0.05) is 17.7 Å². The van der Waals surface area contributed by atoms with Crippen molar-refractivity contribution in [2.24, 2.45) is 7.05 Å². The molecule has 126 valence electrons. The summed E-state index contributed by atoms with van der Waals surface area (Å²) >= 11 is 5.90. The van der Waals surface area contributed by atoms with Crippen LogP contribution >= 0.6 is 11.6 Å². The lowest BCUT2D eigenvalue weighted by Crippen LogP contribution is -1.92. The molecular weight excluding hydrogens is 345 g/mol. The molecule has 0 aliphatic heterocycles. The van der Waals surface area contributed by atoms with E-state index in [1.165, 1.54) is 12.1 Å². The molecule has 25 heavy (non-hydrogen) atoms. The topological polar surface area (TPSA) is 95.9 Å². The lowest BCUT2D eigenvalue weighted by molar-refractivity contribution is 0.628. The normalized spacial score (nSPS) is 11.3. The molecule has 0 saturated heterocycles. The second-order valence-corrected chi connectivity index (χ2v) is 6.04. The van der Waals surface area contributed by atoms with Gasteiger partial charge in [-0.2, -0.15) is 5.10 Å². The maximum absolute atomic E-state index is 13.5. The molecular formula is C17H13ClFN5O. The van der Waals surface area contributed by atoms with Crippen molar-refractivity contribution in [2.45, 2.75) is 0 Å². The zero-order valence-electron chi connectivity index (χ0n) is 13.1. The number of hydrogen-bond acceptors (Lipinski definition) is 5. The van der Waals surface area contributed by atoms with E-state index < -0.39 is 5.82 Å². The smallest absolute Gasteiger partial charge is 0.215 e. The van der Waals surface area contributed by atoms with Crippen molar-refractivity contribution in [1.29, 1.82) is 0 Å². The quantitative estimate of drug-likeness (QED) is 0.568. The molecule has 0 amide bonds. The predicted molar refractivity (Wildman–Crippen MR) is 95.4 cm³/mol. The molecule has 3 aromatic heterocycles. The number of rotatable bonds is 2. The SMILES string of the molecule is Cn1cc(-c2ncc(-c3ccc(F)c(Cl)c3)c3c(N)c(N)oc23)cn1. The Morgan fingerprint density at radius 2 is 2.00 bits per heavy atom. The highest BCUT2D eigenvalue weighted by molar-refractivity contribution is 6.31. The largest absolute Gasteiger partial charge is 0.436 e. The third-order valence-corrected chi connectivity index (χ3v) is 4.28. The zero-order valence-corrected chi connectivity index (χ0v) is 13.9. The van der Waals surface area contributed by atoms with Crippen LogP contribution in [0, 0.1) is 5.82 Å². The zero-order chi connectivity index (χ0) is 17.7. The number of halogens is 2. The average Bonchev–Trinajstić information content (AvgIpc) is 3.14. The number of pyridine rings is 1. The molecule has 4 aromatic rings. The maximum Gasteiger partial charge on any atom is 0.215 e. The van der Waals surface area contributed by atoms with E-state index in [1.807, 2.05) is 6.20 Å². The summed E-state index contributed by atoms with van der Waals surface area (Å²) in [7, 11) is 1.81. The Hall–Kier alpha value is -3.06. The van der Waals surface area contributed by atoms with E-state index >= 15 is 0 Å². The van der Waals surface area contributed by atoms with Crippen LogP contribution in [0.4, 0.5) is 16.0 Å². The summed E-state index contributed by atoms with van der Waals surface area (Å²) in [6.45, 7) is 0. The second kappa shape index (κ2) is 5.49. The Balaban J connectivity index is 2.03. The number of fused-ring (bicyclic) bond motifs is 1. The minimum absolute atomic E-state index is 0.0111. The molecule has 0 unspecified atom stereocenters. The van der Waals surface area contributed by atoms with Crippen LogP contribution in [-0.4, -0.2) is 14.8 Å². The number of aryl methyl sites for hydroxylation is 1. The Morgan fingerprint density at radius 1 is 1.20 bits per heavy atom. The van der Waals surface area contributed by atoms with Gasteiger partial charge >= 0.3 is 0 Å². The highest BCUT2D eigenvalue weighted by Gasteiger charge is 2.20. The van der Waals surface area contributed by atoms with Crippen molar-refractivity contribution >= 4 is 34.1 Å². The van der Waals surface area contributed by atoms with E-state index in [4.69, 9.17) is 27.5 Å². The fourth-order valence-electron chi connectivity index (χ4n) is 2.78. The molecule has 1 aromatic carbocycles. The van der Waals surface area contributed by atoms with E-state index in [2.05, 4.69) is 10.1 Å². The molecule has 4 N–H and O–H groups in total. The molecule has 3 heterocycles. The summed E-state index contributed by atoms with van der Waals surface area (Å²) in [5, 5.41) is 4.76. The Kier molecular flexibility index (Phi) is 3.40. The Bertz CT molecular complexity index is 1120. The fourth-order valence-corrected chi connectivity index (χ4v) is 2.96. The number of benzene rings is 1. The summed E-state index contributed by atoms with van der Waals surface area (Å²) in [4.78, 5) is 4.48. The van der Waals surface area contributed by atoms with Crippen LogP contribution in [-0.2, 0) is 7.05 Å². The van der Waals surface area contributed by atoms with Crippen molar-refractivity contribution in [3.8, 4) is 22.4 Å². The molecule has 8 heteroatoms. The van der Waals surface area contributed by atoms with Gasteiger partial charge in [-0.15, -0.1) is 0 Å². The van der Waals surface area contributed by atoms with Gasteiger partial charge in [0.15, 0.2) is 5.58 Å². The first-order chi connectivity index (χ1) is 12.0. The van der Waals surface area contributed by atoms with Gasteiger partial charge in [0.25, 0.3) is 0 Å². The Morgan fingerprint density at radius 3 is 2.68 bits per heavy atom. The third kappa shape index (κ3) is 2.40. The first-order valence-electron chi connectivity index (χ1n) is 7.36. The van der Waals surface area contributed by atoms with E-state index in [-0.39, 0.29) is 10.9 Å². The summed E-state index contributed by atoms with van der Waals surface area (Å²) in [6.07, 6.45) is 5.12. The fraction of sp³-hybridized carbons (Fsp3) is 0.0588. The number of anilines is 2. The van der Waals surface area contributed by atoms with Crippen molar-refractivity contribution < 1.29 is 8.81 Å². The minimum atomic E-state index is -0.499. The van der Waals surface area contributed by atoms with Crippen molar-refractivity contribution in [1.82, 2.24) is 14.8 Å². The number of nitrogens with two attached hydrogens (primary N) is 2. The molecule has 4 rings (SSSR count). The molecule has 0 atom stereocenters. The minimum Gasteiger partial charge on any atom is -0.436 e. The van der Waals surface area contributed by atoms with Gasteiger partial charge in [-0.25, -0.2) is 4.39 Å². The molecule has 0 aliphatic carbocycles. The van der Waals surface area contributed by atoms with Gasteiger partial charge in [0.1, 0.15) is 17.2 Å². The molecule has 0 bridgehead atoms. The van der Waals surface area contributed by atoms with Crippen LogP contribution in [0.5, 0.6) is 0 Å². The van der Waals surface area contributed by atoms with Crippen LogP contribution < -0.4 is 11.5 Å². The van der Waals surface area contributed by atoms with Gasteiger partial charge in [0, 0.05) is 30.6 Å².